The quantitative estimate of drug-likeness (QED) is 0.650. The summed E-state index contributed by atoms with van der Waals surface area (Å²) in [7, 11) is 1.69. The lowest BCUT2D eigenvalue weighted by Gasteiger charge is -1.48. The van der Waals surface area contributed by atoms with Gasteiger partial charge in [0.05, 0.1) is 0 Å². The van der Waals surface area contributed by atoms with E-state index in [2.05, 4.69) is 30.6 Å². The van der Waals surface area contributed by atoms with Crippen molar-refractivity contribution in [3.8, 4) is 0 Å². The smallest absolute Gasteiger partial charge is 0.174 e. The Bertz CT molecular complexity index is 24.3. The van der Waals surface area contributed by atoms with Crippen molar-refractivity contribution >= 4 is 12.4 Å². The van der Waals surface area contributed by atoms with Crippen molar-refractivity contribution in [2.45, 2.75) is 77.7 Å². The van der Waals surface area contributed by atoms with Gasteiger partial charge in [0.25, 0.3) is 12.4 Å². The van der Waals surface area contributed by atoms with Crippen LogP contribution < -0.4 is 4.36 Å². The van der Waals surface area contributed by atoms with Crippen LogP contribution >= 0.6 is 0 Å². The molecule has 0 aliphatic carbocycles. The summed E-state index contributed by atoms with van der Waals surface area (Å²) in [4.78, 5) is 0. The van der Waals surface area contributed by atoms with Crippen LogP contribution in [0.2, 0.25) is 0 Å². The zero-order chi connectivity index (χ0) is 9.41. The Hall–Kier alpha value is 0.0200. The molecule has 0 saturated carbocycles. The predicted octanol–water partition coefficient (Wildman–Crippen LogP) is 4.44. The third-order valence-corrected chi connectivity index (χ3v) is 0. The van der Waals surface area contributed by atoms with E-state index in [1.54, 1.807) is 7.05 Å². The highest BCUT2D eigenvalue weighted by molar-refractivity contribution is 7.43. The van der Waals surface area contributed by atoms with Gasteiger partial charge in [-0.3, -0.25) is 0 Å². The summed E-state index contributed by atoms with van der Waals surface area (Å²) < 4.78 is 2.33. The molecule has 0 bridgehead atoms. The van der Waals surface area contributed by atoms with Gasteiger partial charge in [-0.1, -0.05) is 77.7 Å². The van der Waals surface area contributed by atoms with Crippen molar-refractivity contribution in [2.24, 2.45) is 0 Å². The van der Waals surface area contributed by atoms with Crippen LogP contribution in [0.15, 0.2) is 0 Å². The second-order valence-corrected chi connectivity index (χ2v) is 1.32. The molecule has 0 aromatic heterocycles. The van der Waals surface area contributed by atoms with Crippen LogP contribution in [-0.4, -0.2) is 7.05 Å². The van der Waals surface area contributed by atoms with Crippen LogP contribution in [0, 0.1) is 0 Å². The molecule has 0 heterocycles. The summed E-state index contributed by atoms with van der Waals surface area (Å²) in [5.41, 5.74) is 0. The molecule has 0 radical (unpaired) electrons. The molecule has 0 fully saturated rings. The molecule has 98 valence electrons. The van der Waals surface area contributed by atoms with E-state index in [0.717, 1.165) is 0 Å². The summed E-state index contributed by atoms with van der Waals surface area (Å²) >= 11 is 4.14. The summed E-state index contributed by atoms with van der Waals surface area (Å²) in [5, 5.41) is 0. The highest BCUT2D eigenvalue weighted by atomic mass is 32.1. The minimum Gasteiger partial charge on any atom is -0.174 e. The molecule has 0 amide bonds. The van der Waals surface area contributed by atoms with E-state index in [1.807, 2.05) is 27.7 Å². The largest absolute Gasteiger partial charge is 0.261 e. The summed E-state index contributed by atoms with van der Waals surface area (Å²) in [5.74, 6) is 0. The van der Waals surface area contributed by atoms with Crippen LogP contribution in [-0.2, 0) is 12.4 Å². The number of hydrogen-bond acceptors (Lipinski definition) is 1. The van der Waals surface area contributed by atoms with E-state index in [9.17, 15) is 0 Å². The van der Waals surface area contributed by atoms with Gasteiger partial charge in [0.2, 0.25) is 0 Å². The molecule has 0 spiro atoms. The van der Waals surface area contributed by atoms with Crippen molar-refractivity contribution in [1.29, 1.82) is 0 Å². The first-order chi connectivity index (χ1) is 4.83. The van der Waals surface area contributed by atoms with Crippen molar-refractivity contribution < 1.29 is 4.36 Å². The maximum Gasteiger partial charge on any atom is 0.261 e. The topological polar surface area (TPSA) is 14.0 Å². The highest BCUT2D eigenvalue weighted by Crippen LogP contribution is 1.56. The van der Waals surface area contributed by atoms with Gasteiger partial charge in [-0.2, -0.15) is 4.36 Å². The van der Waals surface area contributed by atoms with Crippen molar-refractivity contribution in [3.05, 3.63) is 0 Å². The zero-order valence-corrected chi connectivity index (χ0v) is 9.43. The third kappa shape index (κ3) is 3650000. The fourth-order valence-corrected chi connectivity index (χ4v) is 0. The van der Waals surface area contributed by atoms with Crippen molar-refractivity contribution in [2.75, 3.05) is 7.05 Å². The molecule has 0 atom stereocenters. The third-order valence-electron chi connectivity index (χ3n) is 0. The van der Waals surface area contributed by atoms with E-state index in [1.165, 1.54) is 6.42 Å². The highest BCUT2D eigenvalue weighted by Gasteiger charge is 1.35. The average molecular weight is 231 g/mol. The molecular weight excluding hydrogens is 190 g/mol. The molecule has 0 aromatic rings. The molecule has 0 unspecified atom stereocenters. The Morgan fingerprint density at radius 2 is 0.786 bits per heavy atom. The molecule has 1 N–H and O–H groups in total. The van der Waals surface area contributed by atoms with Crippen molar-refractivity contribution in [1.82, 2.24) is 0 Å². The van der Waals surface area contributed by atoms with Gasteiger partial charge < -0.3 is 0 Å². The van der Waals surface area contributed by atoms with E-state index in [0.29, 0.717) is 0 Å². The lowest BCUT2D eigenvalue weighted by atomic mass is 10.6. The SMILES string of the molecule is C.C.C.C.CC.CC.CCC.C[NH+]=S. The second-order valence-electron chi connectivity index (χ2n) is 0.911. The van der Waals surface area contributed by atoms with Crippen LogP contribution in [0.1, 0.15) is 77.7 Å². The summed E-state index contributed by atoms with van der Waals surface area (Å²) in [6.45, 7) is 12.2. The average Bonchev–Trinajstić information content (AvgIpc) is 1.99. The molecule has 0 aliphatic rings. The Kier molecular flexibility index (Phi) is 2160. The van der Waals surface area contributed by atoms with Gasteiger partial charge in [-0.25, -0.2) is 0 Å². The molecule has 2 heteroatoms. The van der Waals surface area contributed by atoms with Gasteiger partial charge in [0.1, 0.15) is 7.05 Å². The second kappa shape index (κ2) is 461. The predicted molar refractivity (Wildman–Crippen MR) is 79.8 cm³/mol. The first-order valence-corrected chi connectivity index (χ1v) is 4.53. The van der Waals surface area contributed by atoms with Crippen LogP contribution in [0.25, 0.3) is 0 Å². The van der Waals surface area contributed by atoms with Crippen molar-refractivity contribution in [3.63, 3.8) is 0 Å². The first kappa shape index (κ1) is 65.6. The normalized spacial score (nSPS) is 3.07. The van der Waals surface area contributed by atoms with Gasteiger partial charge in [-0.05, 0) is 0 Å². The lowest BCUT2D eigenvalue weighted by Crippen LogP contribution is -2.57. The van der Waals surface area contributed by atoms with E-state index in [4.69, 9.17) is 0 Å². The van der Waals surface area contributed by atoms with E-state index < -0.39 is 0 Å². The molecule has 14 heavy (non-hydrogen) atoms. The number of rotatable bonds is 0. The molecule has 0 saturated heterocycles. The van der Waals surface area contributed by atoms with Gasteiger partial charge in [0.15, 0.2) is 0 Å². The standard InChI is InChI=1S/C3H8.2C2H6.CH3NS.4CH4/c1-3-2;2*1-2;1-2-3;;;;/h3H2,1-2H3;2*1-2H3;1H3;4*1H4/p+1. The van der Waals surface area contributed by atoms with Crippen LogP contribution in [0.4, 0.5) is 0 Å². The zero-order valence-electron chi connectivity index (χ0n) is 8.62. The minimum atomic E-state index is 0. The van der Waals surface area contributed by atoms with E-state index >= 15 is 0 Å². The maximum atomic E-state index is 4.14. The molecule has 0 aromatic carbocycles. The van der Waals surface area contributed by atoms with Gasteiger partial charge in [0, 0.05) is 0 Å². The fourth-order valence-electron chi connectivity index (χ4n) is 0. The molecule has 0 aliphatic heterocycles. The monoisotopic (exact) mass is 230 g/mol. The maximum absolute atomic E-state index is 4.14. The number of nitrogens with one attached hydrogen (secondary N) is 1. The molecule has 0 rings (SSSR count). The minimum absolute atomic E-state index is 0. The summed E-state index contributed by atoms with van der Waals surface area (Å²) in [6.07, 6.45) is 1.25. The van der Waals surface area contributed by atoms with Crippen LogP contribution in [0.5, 0.6) is 0 Å². The fraction of sp³-hybridized carbons (Fsp3) is 1.00. The molecular formula is C12H40NS+. The first-order valence-electron chi connectivity index (χ1n) is 4.12. The lowest BCUT2D eigenvalue weighted by molar-refractivity contribution is -0.383. The Morgan fingerprint density at radius 1 is 0.786 bits per heavy atom. The Morgan fingerprint density at radius 3 is 0.786 bits per heavy atom. The van der Waals surface area contributed by atoms with Gasteiger partial charge in [-0.15, -0.1) is 0 Å². The number of hydrogen-bond donors (Lipinski definition) is 1. The van der Waals surface area contributed by atoms with Crippen LogP contribution in [0.3, 0.4) is 0 Å². The summed E-state index contributed by atoms with van der Waals surface area (Å²) in [6, 6.07) is 0. The van der Waals surface area contributed by atoms with E-state index in [-0.39, 0.29) is 29.7 Å². The van der Waals surface area contributed by atoms with Gasteiger partial charge >= 0.3 is 0 Å². The Labute approximate surface area is 102 Å². The molecule has 1 nitrogen and oxygen atoms in total. The Balaban J connectivity index is -0.00000000530.